The van der Waals surface area contributed by atoms with E-state index >= 15 is 0 Å². The van der Waals surface area contributed by atoms with Crippen LogP contribution in [0.5, 0.6) is 0 Å². The van der Waals surface area contributed by atoms with Crippen LogP contribution >= 0.6 is 0 Å². The quantitative estimate of drug-likeness (QED) is 0.828. The van der Waals surface area contributed by atoms with Gasteiger partial charge in [0.05, 0.1) is 0 Å². The van der Waals surface area contributed by atoms with Crippen molar-refractivity contribution in [2.45, 2.75) is 58.5 Å². The fourth-order valence-corrected chi connectivity index (χ4v) is 3.16. The van der Waals surface area contributed by atoms with Crippen molar-refractivity contribution in [3.05, 3.63) is 0 Å². The first-order chi connectivity index (χ1) is 8.54. The minimum absolute atomic E-state index is 0.00731. The normalized spacial score (nSPS) is 36.9. The number of carbonyl (C=O) groups excluding carboxylic acids is 2. The first-order valence-corrected chi connectivity index (χ1v) is 7.15. The highest BCUT2D eigenvalue weighted by molar-refractivity contribution is 5.96. The molecule has 2 aliphatic rings. The Morgan fingerprint density at radius 1 is 1.28 bits per heavy atom. The standard InChI is InChI=1S/C14H24N2O2/c1-4-12-14(18)16(10(3)13(17)15-12)8-11-7-5-6-9(11)2/h9-12H,4-8H2,1-3H3,(H,15,17). The molecule has 4 atom stereocenters. The fraction of sp³-hybridized carbons (Fsp3) is 0.857. The second kappa shape index (κ2) is 5.29. The topological polar surface area (TPSA) is 49.4 Å². The maximum Gasteiger partial charge on any atom is 0.245 e. The molecule has 1 heterocycles. The van der Waals surface area contributed by atoms with Gasteiger partial charge in [-0.3, -0.25) is 9.59 Å². The number of amides is 2. The number of rotatable bonds is 3. The van der Waals surface area contributed by atoms with Crippen LogP contribution in [-0.2, 0) is 9.59 Å². The van der Waals surface area contributed by atoms with Gasteiger partial charge in [0.2, 0.25) is 11.8 Å². The molecule has 0 spiro atoms. The molecule has 1 N–H and O–H groups in total. The highest BCUT2D eigenvalue weighted by atomic mass is 16.2. The Bertz CT molecular complexity index is 343. The molecule has 2 fully saturated rings. The van der Waals surface area contributed by atoms with Gasteiger partial charge in [-0.1, -0.05) is 26.7 Å². The maximum atomic E-state index is 12.3. The third-order valence-corrected chi connectivity index (χ3v) is 4.62. The number of piperazine rings is 1. The molecular weight excluding hydrogens is 228 g/mol. The zero-order chi connectivity index (χ0) is 13.3. The highest BCUT2D eigenvalue weighted by Crippen LogP contribution is 2.32. The van der Waals surface area contributed by atoms with E-state index in [0.717, 1.165) is 6.54 Å². The van der Waals surface area contributed by atoms with Crippen LogP contribution in [0.15, 0.2) is 0 Å². The average molecular weight is 252 g/mol. The molecule has 4 heteroatoms. The molecule has 1 saturated carbocycles. The van der Waals surface area contributed by atoms with Crippen LogP contribution in [0.1, 0.15) is 46.5 Å². The lowest BCUT2D eigenvalue weighted by atomic mass is 9.95. The number of hydrogen-bond acceptors (Lipinski definition) is 2. The van der Waals surface area contributed by atoms with Gasteiger partial charge in [-0.25, -0.2) is 0 Å². The summed E-state index contributed by atoms with van der Waals surface area (Å²) in [5, 5.41) is 2.80. The van der Waals surface area contributed by atoms with Crippen LogP contribution in [0.2, 0.25) is 0 Å². The summed E-state index contributed by atoms with van der Waals surface area (Å²) < 4.78 is 0. The van der Waals surface area contributed by atoms with Crippen molar-refractivity contribution >= 4 is 11.8 Å². The van der Waals surface area contributed by atoms with Crippen LogP contribution in [0, 0.1) is 11.8 Å². The van der Waals surface area contributed by atoms with Gasteiger partial charge in [0.1, 0.15) is 12.1 Å². The van der Waals surface area contributed by atoms with Gasteiger partial charge in [-0.05, 0) is 31.6 Å². The monoisotopic (exact) mass is 252 g/mol. The molecule has 0 aromatic carbocycles. The molecule has 1 aliphatic heterocycles. The summed E-state index contributed by atoms with van der Waals surface area (Å²) in [7, 11) is 0. The van der Waals surface area contributed by atoms with E-state index in [1.54, 1.807) is 4.90 Å². The highest BCUT2D eigenvalue weighted by Gasteiger charge is 2.39. The summed E-state index contributed by atoms with van der Waals surface area (Å²) in [5.74, 6) is 1.34. The Morgan fingerprint density at radius 2 is 2.00 bits per heavy atom. The number of nitrogens with one attached hydrogen (secondary N) is 1. The molecule has 4 nitrogen and oxygen atoms in total. The van der Waals surface area contributed by atoms with Crippen molar-refractivity contribution in [3.8, 4) is 0 Å². The summed E-state index contributed by atoms with van der Waals surface area (Å²) in [6.45, 7) is 6.78. The van der Waals surface area contributed by atoms with Gasteiger partial charge in [0.25, 0.3) is 0 Å². The van der Waals surface area contributed by atoms with Crippen LogP contribution in [0.3, 0.4) is 0 Å². The summed E-state index contributed by atoms with van der Waals surface area (Å²) in [6.07, 6.45) is 4.38. The third kappa shape index (κ3) is 2.38. The Kier molecular flexibility index (Phi) is 3.93. The predicted octanol–water partition coefficient (Wildman–Crippen LogP) is 1.55. The van der Waals surface area contributed by atoms with Crippen molar-refractivity contribution < 1.29 is 9.59 Å². The van der Waals surface area contributed by atoms with Crippen LogP contribution in [-0.4, -0.2) is 35.3 Å². The molecule has 0 bridgehead atoms. The average Bonchev–Trinajstić information content (AvgIpc) is 2.75. The molecule has 2 rings (SSSR count). The van der Waals surface area contributed by atoms with E-state index in [9.17, 15) is 9.59 Å². The SMILES string of the molecule is CCC1NC(=O)C(C)N(CC2CCCC2C)C1=O. The van der Waals surface area contributed by atoms with Crippen molar-refractivity contribution in [2.24, 2.45) is 11.8 Å². The van der Waals surface area contributed by atoms with Gasteiger partial charge in [0, 0.05) is 6.54 Å². The minimum atomic E-state index is -0.314. The van der Waals surface area contributed by atoms with Gasteiger partial charge in [0.15, 0.2) is 0 Å². The van der Waals surface area contributed by atoms with Crippen molar-refractivity contribution in [2.75, 3.05) is 6.54 Å². The Hall–Kier alpha value is -1.06. The van der Waals surface area contributed by atoms with Crippen LogP contribution in [0.4, 0.5) is 0 Å². The first kappa shape index (κ1) is 13.4. The van der Waals surface area contributed by atoms with E-state index < -0.39 is 0 Å². The van der Waals surface area contributed by atoms with E-state index in [1.807, 2.05) is 13.8 Å². The van der Waals surface area contributed by atoms with Crippen molar-refractivity contribution in [1.29, 1.82) is 0 Å². The first-order valence-electron chi connectivity index (χ1n) is 7.15. The summed E-state index contributed by atoms with van der Waals surface area (Å²) >= 11 is 0. The molecule has 1 saturated heterocycles. The summed E-state index contributed by atoms with van der Waals surface area (Å²) in [5.41, 5.74) is 0. The molecule has 4 unspecified atom stereocenters. The minimum Gasteiger partial charge on any atom is -0.343 e. The lowest BCUT2D eigenvalue weighted by Crippen LogP contribution is -2.63. The van der Waals surface area contributed by atoms with Gasteiger partial charge in [-0.15, -0.1) is 0 Å². The predicted molar refractivity (Wildman–Crippen MR) is 69.9 cm³/mol. The van der Waals surface area contributed by atoms with Crippen LogP contribution in [0.25, 0.3) is 0 Å². The summed E-state index contributed by atoms with van der Waals surface area (Å²) in [4.78, 5) is 26.0. The molecule has 1 aliphatic carbocycles. The molecule has 0 radical (unpaired) electrons. The van der Waals surface area contributed by atoms with Crippen molar-refractivity contribution in [3.63, 3.8) is 0 Å². The Morgan fingerprint density at radius 3 is 2.56 bits per heavy atom. The van der Waals surface area contributed by atoms with E-state index in [0.29, 0.717) is 18.3 Å². The van der Waals surface area contributed by atoms with Gasteiger partial charge >= 0.3 is 0 Å². The van der Waals surface area contributed by atoms with E-state index in [-0.39, 0.29) is 23.9 Å². The number of carbonyl (C=O) groups is 2. The summed E-state index contributed by atoms with van der Waals surface area (Å²) in [6, 6.07) is -0.626. The Balaban J connectivity index is 2.08. The zero-order valence-electron chi connectivity index (χ0n) is 11.6. The zero-order valence-corrected chi connectivity index (χ0v) is 11.6. The maximum absolute atomic E-state index is 12.3. The molecular formula is C14H24N2O2. The lowest BCUT2D eigenvalue weighted by molar-refractivity contribution is -0.149. The molecule has 18 heavy (non-hydrogen) atoms. The number of nitrogens with zero attached hydrogens (tertiary/aromatic N) is 1. The lowest BCUT2D eigenvalue weighted by Gasteiger charge is -2.39. The largest absolute Gasteiger partial charge is 0.343 e. The Labute approximate surface area is 109 Å². The van der Waals surface area contributed by atoms with Gasteiger partial charge in [-0.2, -0.15) is 0 Å². The molecule has 0 aromatic heterocycles. The smallest absolute Gasteiger partial charge is 0.245 e. The fourth-order valence-electron chi connectivity index (χ4n) is 3.16. The molecule has 0 aromatic rings. The van der Waals surface area contributed by atoms with E-state index in [4.69, 9.17) is 0 Å². The second-order valence-corrected chi connectivity index (χ2v) is 5.80. The van der Waals surface area contributed by atoms with E-state index in [2.05, 4.69) is 12.2 Å². The number of hydrogen-bond donors (Lipinski definition) is 1. The molecule has 102 valence electrons. The molecule has 2 amide bonds. The van der Waals surface area contributed by atoms with E-state index in [1.165, 1.54) is 19.3 Å². The van der Waals surface area contributed by atoms with Crippen LogP contribution < -0.4 is 5.32 Å². The van der Waals surface area contributed by atoms with Gasteiger partial charge < -0.3 is 10.2 Å². The van der Waals surface area contributed by atoms with Crippen molar-refractivity contribution in [1.82, 2.24) is 10.2 Å². The third-order valence-electron chi connectivity index (χ3n) is 4.62. The second-order valence-electron chi connectivity index (χ2n) is 5.80.